The number of anilines is 1. The molecule has 114 valence electrons. The number of nitrogens with one attached hydrogen (secondary N) is 2. The Morgan fingerprint density at radius 2 is 1.86 bits per heavy atom. The number of aliphatic hydroxyl groups excluding tert-OH is 1. The van der Waals surface area contributed by atoms with Gasteiger partial charge in [-0.1, -0.05) is 0 Å². The van der Waals surface area contributed by atoms with E-state index in [-0.39, 0.29) is 24.4 Å². The van der Waals surface area contributed by atoms with Crippen molar-refractivity contribution in [2.45, 2.75) is 31.7 Å². The van der Waals surface area contributed by atoms with Gasteiger partial charge in [-0.15, -0.1) is 0 Å². The van der Waals surface area contributed by atoms with Gasteiger partial charge in [0.05, 0.1) is 4.92 Å². The molecule has 1 aliphatic carbocycles. The van der Waals surface area contributed by atoms with Crippen molar-refractivity contribution >= 4 is 17.4 Å². The average Bonchev–Trinajstić information content (AvgIpc) is 2.48. The van der Waals surface area contributed by atoms with Crippen molar-refractivity contribution in [2.75, 3.05) is 11.9 Å². The van der Waals surface area contributed by atoms with Gasteiger partial charge in [-0.3, -0.25) is 10.1 Å². The molecule has 1 aromatic carbocycles. The highest BCUT2D eigenvalue weighted by atomic mass is 16.6. The quantitative estimate of drug-likeness (QED) is 0.585. The third-order valence-electron chi connectivity index (χ3n) is 3.78. The number of carbonyl (C=O) groups is 1. The van der Waals surface area contributed by atoms with Gasteiger partial charge in [0.25, 0.3) is 5.69 Å². The molecular weight excluding hydrogens is 274 g/mol. The summed E-state index contributed by atoms with van der Waals surface area (Å²) in [5, 5.41) is 25.1. The summed E-state index contributed by atoms with van der Waals surface area (Å²) in [6.45, 7) is 0.210. The smallest absolute Gasteiger partial charge is 0.319 e. The molecule has 1 saturated carbocycles. The van der Waals surface area contributed by atoms with E-state index in [2.05, 4.69) is 10.6 Å². The molecule has 0 aliphatic heterocycles. The van der Waals surface area contributed by atoms with E-state index in [0.717, 1.165) is 25.7 Å². The Kier molecular flexibility index (Phi) is 5.10. The number of nitrogens with zero attached hydrogens (tertiary/aromatic N) is 1. The molecule has 2 rings (SSSR count). The maximum atomic E-state index is 11.8. The topological polar surface area (TPSA) is 104 Å². The lowest BCUT2D eigenvalue weighted by molar-refractivity contribution is -0.384. The minimum absolute atomic E-state index is 0.0108. The number of hydrogen-bond donors (Lipinski definition) is 3. The van der Waals surface area contributed by atoms with E-state index >= 15 is 0 Å². The van der Waals surface area contributed by atoms with Crippen LogP contribution in [0.4, 0.5) is 16.2 Å². The van der Waals surface area contributed by atoms with Crippen LogP contribution in [-0.4, -0.2) is 28.7 Å². The van der Waals surface area contributed by atoms with Gasteiger partial charge in [-0.05, 0) is 43.7 Å². The van der Waals surface area contributed by atoms with Crippen LogP contribution in [0.1, 0.15) is 25.7 Å². The fourth-order valence-electron chi connectivity index (χ4n) is 2.51. The van der Waals surface area contributed by atoms with Gasteiger partial charge >= 0.3 is 6.03 Å². The molecule has 7 heteroatoms. The van der Waals surface area contributed by atoms with Crippen molar-refractivity contribution in [1.29, 1.82) is 0 Å². The van der Waals surface area contributed by atoms with Gasteiger partial charge in [0.2, 0.25) is 0 Å². The SMILES string of the molecule is O=C(Nc1ccc([N+](=O)[O-])cc1)NC1CCC(CO)CC1. The lowest BCUT2D eigenvalue weighted by atomic mass is 9.87. The number of urea groups is 1. The Morgan fingerprint density at radius 1 is 1.24 bits per heavy atom. The number of nitro benzene ring substituents is 1. The number of benzene rings is 1. The molecular formula is C14H19N3O4. The molecule has 0 radical (unpaired) electrons. The van der Waals surface area contributed by atoms with E-state index in [0.29, 0.717) is 11.6 Å². The maximum absolute atomic E-state index is 11.8. The molecule has 1 aromatic rings. The highest BCUT2D eigenvalue weighted by molar-refractivity contribution is 5.89. The van der Waals surface area contributed by atoms with Crippen molar-refractivity contribution in [2.24, 2.45) is 5.92 Å². The van der Waals surface area contributed by atoms with Crippen LogP contribution in [-0.2, 0) is 0 Å². The highest BCUT2D eigenvalue weighted by Gasteiger charge is 2.21. The van der Waals surface area contributed by atoms with Gasteiger partial charge in [-0.25, -0.2) is 4.79 Å². The number of rotatable bonds is 4. The second-order valence-corrected chi connectivity index (χ2v) is 5.30. The molecule has 0 atom stereocenters. The minimum Gasteiger partial charge on any atom is -0.396 e. The Hall–Kier alpha value is -2.15. The Bertz CT molecular complexity index is 495. The number of aliphatic hydroxyl groups is 1. The predicted octanol–water partition coefficient (Wildman–Crippen LogP) is 2.27. The van der Waals surface area contributed by atoms with Crippen molar-refractivity contribution in [1.82, 2.24) is 5.32 Å². The molecule has 3 N–H and O–H groups in total. The molecule has 21 heavy (non-hydrogen) atoms. The molecule has 2 amide bonds. The minimum atomic E-state index is -0.483. The predicted molar refractivity (Wildman–Crippen MR) is 78.1 cm³/mol. The first kappa shape index (κ1) is 15.2. The van der Waals surface area contributed by atoms with Crippen LogP contribution >= 0.6 is 0 Å². The van der Waals surface area contributed by atoms with Crippen molar-refractivity contribution in [3.8, 4) is 0 Å². The maximum Gasteiger partial charge on any atom is 0.319 e. The summed E-state index contributed by atoms with van der Waals surface area (Å²) >= 11 is 0. The molecule has 0 aromatic heterocycles. The van der Waals surface area contributed by atoms with Crippen LogP contribution in [0.5, 0.6) is 0 Å². The summed E-state index contributed by atoms with van der Waals surface area (Å²) in [5.41, 5.74) is 0.505. The molecule has 0 spiro atoms. The summed E-state index contributed by atoms with van der Waals surface area (Å²) in [6, 6.07) is 5.51. The molecule has 1 aliphatic rings. The zero-order valence-electron chi connectivity index (χ0n) is 11.6. The lowest BCUT2D eigenvalue weighted by Gasteiger charge is -2.27. The third kappa shape index (κ3) is 4.42. The highest BCUT2D eigenvalue weighted by Crippen LogP contribution is 2.23. The van der Waals surface area contributed by atoms with Crippen LogP contribution < -0.4 is 10.6 Å². The van der Waals surface area contributed by atoms with E-state index in [1.165, 1.54) is 24.3 Å². The summed E-state index contributed by atoms with van der Waals surface area (Å²) in [4.78, 5) is 21.9. The second kappa shape index (κ2) is 7.03. The Labute approximate surface area is 122 Å². The third-order valence-corrected chi connectivity index (χ3v) is 3.78. The number of carbonyl (C=O) groups excluding carboxylic acids is 1. The fraction of sp³-hybridized carbons (Fsp3) is 0.500. The molecule has 1 fully saturated rings. The van der Waals surface area contributed by atoms with Crippen LogP contribution in [0.3, 0.4) is 0 Å². The van der Waals surface area contributed by atoms with E-state index in [9.17, 15) is 14.9 Å². The van der Waals surface area contributed by atoms with Crippen molar-refractivity contribution < 1.29 is 14.8 Å². The van der Waals surface area contributed by atoms with Crippen molar-refractivity contribution in [3.05, 3.63) is 34.4 Å². The monoisotopic (exact) mass is 293 g/mol. The number of nitro groups is 1. The first-order valence-electron chi connectivity index (χ1n) is 7.01. The number of amides is 2. The largest absolute Gasteiger partial charge is 0.396 e. The normalized spacial score (nSPS) is 21.6. The van der Waals surface area contributed by atoms with Gasteiger partial charge in [0.1, 0.15) is 0 Å². The first-order chi connectivity index (χ1) is 10.1. The Balaban J connectivity index is 1.80. The van der Waals surface area contributed by atoms with Gasteiger partial charge in [0.15, 0.2) is 0 Å². The van der Waals surface area contributed by atoms with Crippen LogP contribution in [0.15, 0.2) is 24.3 Å². The fourth-order valence-corrected chi connectivity index (χ4v) is 2.51. The summed E-state index contributed by atoms with van der Waals surface area (Å²) < 4.78 is 0. The van der Waals surface area contributed by atoms with E-state index < -0.39 is 4.92 Å². The average molecular weight is 293 g/mol. The summed E-state index contributed by atoms with van der Waals surface area (Å²) in [6.07, 6.45) is 3.55. The van der Waals surface area contributed by atoms with Gasteiger partial charge in [0, 0.05) is 30.5 Å². The second-order valence-electron chi connectivity index (χ2n) is 5.30. The Morgan fingerprint density at radius 3 is 2.38 bits per heavy atom. The molecule has 0 heterocycles. The molecule has 7 nitrogen and oxygen atoms in total. The standard InChI is InChI=1S/C14H19N3O4/c18-9-10-1-3-11(4-2-10)15-14(19)16-12-5-7-13(8-6-12)17(20)21/h5-8,10-11,18H,1-4,9H2,(H2,15,16,19). The summed E-state index contributed by atoms with van der Waals surface area (Å²) in [5.74, 6) is 0.348. The molecule has 0 saturated heterocycles. The number of non-ortho nitro benzene ring substituents is 1. The van der Waals surface area contributed by atoms with Crippen LogP contribution in [0.25, 0.3) is 0 Å². The summed E-state index contributed by atoms with van der Waals surface area (Å²) in [7, 11) is 0. The lowest BCUT2D eigenvalue weighted by Crippen LogP contribution is -2.40. The van der Waals surface area contributed by atoms with E-state index in [1.807, 2.05) is 0 Å². The molecule has 0 bridgehead atoms. The zero-order chi connectivity index (χ0) is 15.2. The van der Waals surface area contributed by atoms with Gasteiger partial charge < -0.3 is 15.7 Å². The van der Waals surface area contributed by atoms with Crippen LogP contribution in [0.2, 0.25) is 0 Å². The number of hydrogen-bond acceptors (Lipinski definition) is 4. The van der Waals surface area contributed by atoms with E-state index in [1.54, 1.807) is 0 Å². The van der Waals surface area contributed by atoms with E-state index in [4.69, 9.17) is 5.11 Å². The van der Waals surface area contributed by atoms with Gasteiger partial charge in [-0.2, -0.15) is 0 Å². The first-order valence-corrected chi connectivity index (χ1v) is 7.01. The van der Waals surface area contributed by atoms with Crippen molar-refractivity contribution in [3.63, 3.8) is 0 Å². The van der Waals surface area contributed by atoms with Crippen LogP contribution in [0, 0.1) is 16.0 Å². The zero-order valence-corrected chi connectivity index (χ0v) is 11.6. The molecule has 0 unspecified atom stereocenters.